The van der Waals surface area contributed by atoms with Gasteiger partial charge in [0.1, 0.15) is 10.0 Å². The molecule has 0 atom stereocenters. The smallest absolute Gasteiger partial charge is 0.333 e. The van der Waals surface area contributed by atoms with Crippen LogP contribution in [-0.4, -0.2) is 35.1 Å². The summed E-state index contributed by atoms with van der Waals surface area (Å²) in [5.41, 5.74) is 0.576. The molecule has 5 rings (SSSR count). The van der Waals surface area contributed by atoms with E-state index in [-0.39, 0.29) is 25.9 Å². The lowest BCUT2D eigenvalue weighted by Crippen LogP contribution is -2.34. The second-order valence-corrected chi connectivity index (χ2v) is 11.5. The molecule has 0 saturated heterocycles. The van der Waals surface area contributed by atoms with E-state index >= 15 is 0 Å². The van der Waals surface area contributed by atoms with Crippen LogP contribution in [-0.2, 0) is 10.0 Å². The van der Waals surface area contributed by atoms with E-state index in [1.54, 1.807) is 6.07 Å². The number of sulfonamides is 1. The number of halogens is 1. The normalized spacial score (nSPS) is 13.5. The summed E-state index contributed by atoms with van der Waals surface area (Å²) in [6.45, 7) is 0. The lowest BCUT2D eigenvalue weighted by Gasteiger charge is -2.12. The Morgan fingerprint density at radius 2 is 1.89 bits per heavy atom. The minimum Gasteiger partial charge on any atom is -0.494 e. The van der Waals surface area contributed by atoms with Crippen molar-refractivity contribution in [1.82, 2.24) is 14.3 Å². The van der Waals surface area contributed by atoms with Gasteiger partial charge in [-0.1, -0.05) is 11.6 Å². The van der Waals surface area contributed by atoms with E-state index in [2.05, 4.69) is 15.6 Å². The number of pyridine rings is 2. The van der Waals surface area contributed by atoms with Crippen molar-refractivity contribution in [2.45, 2.75) is 23.1 Å². The van der Waals surface area contributed by atoms with Crippen LogP contribution in [0.25, 0.3) is 16.6 Å². The summed E-state index contributed by atoms with van der Waals surface area (Å²) in [5, 5.41) is 17.6. The molecular weight excluding hydrogens is 514 g/mol. The van der Waals surface area contributed by atoms with Gasteiger partial charge in [0.25, 0.3) is 15.6 Å². The maximum Gasteiger partial charge on any atom is 0.333 e. The number of aromatic nitrogens is 2. The second-order valence-electron chi connectivity index (χ2n) is 7.89. The highest BCUT2D eigenvalue weighted by Gasteiger charge is 2.22. The number of anilines is 2. The number of thiophene rings is 1. The SMILES string of the molecule is O=C(Nc1ccc(-n2c(O)c3ccc(NC4CC4)cc3cc2=O)nc1)NS(=O)(=O)c1ccc(Cl)s1. The van der Waals surface area contributed by atoms with Crippen molar-refractivity contribution in [1.29, 1.82) is 0 Å². The summed E-state index contributed by atoms with van der Waals surface area (Å²) in [6.07, 6.45) is 3.47. The molecule has 4 aromatic rings. The average molecular weight is 532 g/mol. The van der Waals surface area contributed by atoms with Crippen molar-refractivity contribution in [2.24, 2.45) is 0 Å². The Morgan fingerprint density at radius 1 is 1.11 bits per heavy atom. The minimum atomic E-state index is -4.08. The molecule has 0 bridgehead atoms. The van der Waals surface area contributed by atoms with Gasteiger partial charge in [0.05, 0.1) is 16.2 Å². The number of urea groups is 1. The number of aromatic hydroxyl groups is 1. The van der Waals surface area contributed by atoms with E-state index < -0.39 is 21.6 Å². The van der Waals surface area contributed by atoms with Crippen molar-refractivity contribution in [3.63, 3.8) is 0 Å². The zero-order chi connectivity index (χ0) is 24.7. The molecule has 35 heavy (non-hydrogen) atoms. The number of fused-ring (bicyclic) bond motifs is 1. The first-order valence-corrected chi connectivity index (χ1v) is 13.1. The summed E-state index contributed by atoms with van der Waals surface area (Å²) in [6, 6.07) is 11.8. The first-order chi connectivity index (χ1) is 16.7. The Kier molecular flexibility index (Phi) is 5.87. The van der Waals surface area contributed by atoms with Crippen LogP contribution in [0.15, 0.2) is 63.7 Å². The topological polar surface area (TPSA) is 142 Å². The van der Waals surface area contributed by atoms with Gasteiger partial charge in [-0.3, -0.25) is 4.79 Å². The number of nitrogens with one attached hydrogen (secondary N) is 3. The maximum atomic E-state index is 12.7. The molecule has 3 heterocycles. The Labute approximate surface area is 208 Å². The molecule has 180 valence electrons. The van der Waals surface area contributed by atoms with Gasteiger partial charge in [0.2, 0.25) is 5.88 Å². The lowest BCUT2D eigenvalue weighted by molar-refractivity contribution is 0.256. The van der Waals surface area contributed by atoms with E-state index in [0.29, 0.717) is 16.8 Å². The van der Waals surface area contributed by atoms with Crippen molar-refractivity contribution >= 4 is 61.1 Å². The van der Waals surface area contributed by atoms with Crippen LogP contribution in [0.4, 0.5) is 16.2 Å². The number of carbonyl (C=O) groups excluding carboxylic acids is 1. The number of benzene rings is 1. The van der Waals surface area contributed by atoms with Crippen molar-refractivity contribution < 1.29 is 18.3 Å². The van der Waals surface area contributed by atoms with E-state index in [9.17, 15) is 23.1 Å². The number of hydrogen-bond donors (Lipinski definition) is 4. The zero-order valence-electron chi connectivity index (χ0n) is 17.9. The summed E-state index contributed by atoms with van der Waals surface area (Å²) >= 11 is 6.57. The Hall–Kier alpha value is -3.61. The summed E-state index contributed by atoms with van der Waals surface area (Å²) in [5.74, 6) is -0.140. The van der Waals surface area contributed by atoms with E-state index in [4.69, 9.17) is 11.6 Å². The molecule has 2 amide bonds. The molecular formula is C22H18ClN5O5S2. The van der Waals surface area contributed by atoms with E-state index in [1.807, 2.05) is 16.9 Å². The predicted octanol–water partition coefficient (Wildman–Crippen LogP) is 3.89. The summed E-state index contributed by atoms with van der Waals surface area (Å²) in [7, 11) is -4.08. The molecule has 13 heteroatoms. The van der Waals surface area contributed by atoms with E-state index in [0.717, 1.165) is 34.4 Å². The highest BCUT2D eigenvalue weighted by molar-refractivity contribution is 7.92. The fourth-order valence-corrected chi connectivity index (χ4v) is 5.84. The number of nitrogens with zero attached hydrogens (tertiary/aromatic N) is 2. The largest absolute Gasteiger partial charge is 0.494 e. The van der Waals surface area contributed by atoms with E-state index in [1.165, 1.54) is 36.5 Å². The van der Waals surface area contributed by atoms with Crippen LogP contribution in [0.5, 0.6) is 5.88 Å². The van der Waals surface area contributed by atoms with Gasteiger partial charge >= 0.3 is 6.03 Å². The van der Waals surface area contributed by atoms with Crippen molar-refractivity contribution in [2.75, 3.05) is 10.6 Å². The minimum absolute atomic E-state index is 0.104. The molecule has 1 aromatic carbocycles. The molecule has 1 saturated carbocycles. The predicted molar refractivity (Wildman–Crippen MR) is 134 cm³/mol. The van der Waals surface area contributed by atoms with Crippen LogP contribution in [0.2, 0.25) is 4.34 Å². The maximum absolute atomic E-state index is 12.7. The first kappa shape index (κ1) is 23.1. The number of carbonyl (C=O) groups is 1. The van der Waals surface area contributed by atoms with Gasteiger partial charge in [0, 0.05) is 23.2 Å². The first-order valence-electron chi connectivity index (χ1n) is 10.4. The number of amides is 2. The molecule has 0 aliphatic heterocycles. The van der Waals surface area contributed by atoms with Gasteiger partial charge in [-0.2, -0.15) is 0 Å². The van der Waals surface area contributed by atoms with Gasteiger partial charge in [0.15, 0.2) is 0 Å². The lowest BCUT2D eigenvalue weighted by atomic mass is 10.1. The quantitative estimate of drug-likeness (QED) is 0.295. The highest BCUT2D eigenvalue weighted by atomic mass is 35.5. The molecule has 10 nitrogen and oxygen atoms in total. The van der Waals surface area contributed by atoms with Crippen LogP contribution >= 0.6 is 22.9 Å². The van der Waals surface area contributed by atoms with Gasteiger partial charge in [-0.05, 0) is 60.7 Å². The van der Waals surface area contributed by atoms with Crippen LogP contribution in [0.3, 0.4) is 0 Å². The molecule has 0 spiro atoms. The Balaban J connectivity index is 1.34. The molecule has 4 N–H and O–H groups in total. The van der Waals surface area contributed by atoms with Gasteiger partial charge in [-0.15, -0.1) is 11.3 Å². The molecule has 1 aliphatic carbocycles. The molecule has 1 fully saturated rings. The van der Waals surface area contributed by atoms with Crippen LogP contribution < -0.4 is 20.9 Å². The number of rotatable bonds is 6. The Bertz CT molecular complexity index is 1610. The Morgan fingerprint density at radius 3 is 2.54 bits per heavy atom. The van der Waals surface area contributed by atoms with Gasteiger partial charge < -0.3 is 15.7 Å². The van der Waals surface area contributed by atoms with Crippen molar-refractivity contribution in [3.05, 3.63) is 69.4 Å². The fraction of sp³-hybridized carbons (Fsp3) is 0.136. The standard InChI is InChI=1S/C22H18ClN5O5S2/c23-17-6-8-20(34-17)35(32,33)27-22(31)26-15-4-7-18(24-11-15)28-19(29)10-12-9-14(25-13-1-2-13)3-5-16(12)21(28)30/h3-11,13,25,30H,1-2H2,(H2,26,27,31). The van der Waals surface area contributed by atoms with Crippen LogP contribution in [0, 0.1) is 0 Å². The molecule has 3 aromatic heterocycles. The monoisotopic (exact) mass is 531 g/mol. The van der Waals surface area contributed by atoms with Crippen LogP contribution in [0.1, 0.15) is 12.8 Å². The third kappa shape index (κ3) is 4.94. The molecule has 0 unspecified atom stereocenters. The second kappa shape index (κ2) is 8.87. The average Bonchev–Trinajstić information content (AvgIpc) is 3.49. The zero-order valence-corrected chi connectivity index (χ0v) is 20.2. The third-order valence-electron chi connectivity index (χ3n) is 5.23. The summed E-state index contributed by atoms with van der Waals surface area (Å²) < 4.78 is 27.6. The fourth-order valence-electron chi connectivity index (χ4n) is 3.45. The number of hydrogen-bond acceptors (Lipinski definition) is 8. The summed E-state index contributed by atoms with van der Waals surface area (Å²) in [4.78, 5) is 29.0. The third-order valence-corrected chi connectivity index (χ3v) is 8.28. The van der Waals surface area contributed by atoms with Gasteiger partial charge in [-0.25, -0.2) is 27.5 Å². The molecule has 0 radical (unpaired) electrons. The molecule has 1 aliphatic rings. The van der Waals surface area contributed by atoms with Crippen molar-refractivity contribution in [3.8, 4) is 11.7 Å². The highest BCUT2D eigenvalue weighted by Crippen LogP contribution is 2.30.